The van der Waals surface area contributed by atoms with Gasteiger partial charge in [0.15, 0.2) is 0 Å². The van der Waals surface area contributed by atoms with Gasteiger partial charge in [-0.2, -0.15) is 0 Å². The van der Waals surface area contributed by atoms with Crippen LogP contribution in [0.25, 0.3) is 0 Å². The number of anilines is 1. The molecule has 2 atom stereocenters. The highest BCUT2D eigenvalue weighted by Crippen LogP contribution is 2.29. The highest BCUT2D eigenvalue weighted by Gasteiger charge is 2.36. The van der Waals surface area contributed by atoms with E-state index in [1.165, 1.54) is 5.56 Å². The van der Waals surface area contributed by atoms with Crippen molar-refractivity contribution in [1.82, 2.24) is 19.9 Å². The maximum absolute atomic E-state index is 5.25. The fourth-order valence-corrected chi connectivity index (χ4v) is 3.33. The largest absolute Gasteiger partial charge is 0.481 e. The zero-order valence-electron chi connectivity index (χ0n) is 13.9. The van der Waals surface area contributed by atoms with Crippen molar-refractivity contribution in [1.29, 1.82) is 0 Å². The van der Waals surface area contributed by atoms with Gasteiger partial charge in [0.05, 0.1) is 7.11 Å². The highest BCUT2D eigenvalue weighted by atomic mass is 16.5. The minimum atomic E-state index is 0.368. The molecule has 3 rings (SSSR count). The number of methoxy groups -OCH3 is 1. The van der Waals surface area contributed by atoms with Gasteiger partial charge in [-0.05, 0) is 44.6 Å². The van der Waals surface area contributed by atoms with Gasteiger partial charge in [-0.3, -0.25) is 4.98 Å². The van der Waals surface area contributed by atoms with Crippen LogP contribution in [0.15, 0.2) is 36.9 Å². The van der Waals surface area contributed by atoms with Crippen molar-refractivity contribution in [2.45, 2.75) is 24.9 Å². The summed E-state index contributed by atoms with van der Waals surface area (Å²) in [5.74, 6) is 1.53. The Bertz CT molecular complexity index is 634. The Morgan fingerprint density at radius 1 is 1.26 bits per heavy atom. The topological polar surface area (TPSA) is 54.4 Å². The molecule has 0 radical (unpaired) electrons. The van der Waals surface area contributed by atoms with Crippen LogP contribution in [-0.4, -0.2) is 59.7 Å². The Kier molecular flexibility index (Phi) is 4.71. The number of pyridine rings is 1. The average molecular weight is 313 g/mol. The average Bonchev–Trinajstić information content (AvgIpc) is 2.99. The highest BCUT2D eigenvalue weighted by molar-refractivity contribution is 5.44. The molecular weight excluding hydrogens is 290 g/mol. The van der Waals surface area contributed by atoms with Crippen LogP contribution >= 0.6 is 0 Å². The first-order valence-electron chi connectivity index (χ1n) is 7.87. The minimum Gasteiger partial charge on any atom is -0.481 e. The van der Waals surface area contributed by atoms with Gasteiger partial charge in [0.25, 0.3) is 0 Å². The van der Waals surface area contributed by atoms with E-state index < -0.39 is 0 Å². The van der Waals surface area contributed by atoms with Gasteiger partial charge < -0.3 is 14.5 Å². The Morgan fingerprint density at radius 3 is 2.74 bits per heavy atom. The fourth-order valence-electron chi connectivity index (χ4n) is 3.33. The number of ether oxygens (including phenoxy) is 1. The van der Waals surface area contributed by atoms with Gasteiger partial charge >= 0.3 is 0 Å². The second-order valence-electron chi connectivity index (χ2n) is 6.06. The summed E-state index contributed by atoms with van der Waals surface area (Å²) in [5, 5.41) is 0. The number of hydrogen-bond donors (Lipinski definition) is 0. The lowest BCUT2D eigenvalue weighted by molar-refractivity contribution is 0.274. The second kappa shape index (κ2) is 6.91. The molecule has 1 aliphatic heterocycles. The van der Waals surface area contributed by atoms with Crippen molar-refractivity contribution in [2.24, 2.45) is 0 Å². The molecule has 23 heavy (non-hydrogen) atoms. The molecule has 0 spiro atoms. The summed E-state index contributed by atoms with van der Waals surface area (Å²) >= 11 is 0. The molecule has 2 aromatic heterocycles. The fraction of sp³-hybridized carbons (Fsp3) is 0.471. The zero-order chi connectivity index (χ0) is 16.2. The third kappa shape index (κ3) is 3.42. The van der Waals surface area contributed by atoms with Crippen LogP contribution in [0.2, 0.25) is 0 Å². The van der Waals surface area contributed by atoms with E-state index in [4.69, 9.17) is 4.74 Å². The number of rotatable bonds is 5. The normalized spacial score (nSPS) is 21.0. The molecule has 2 aromatic rings. The number of nitrogens with zero attached hydrogens (tertiary/aromatic N) is 5. The molecule has 0 saturated carbocycles. The quantitative estimate of drug-likeness (QED) is 0.836. The van der Waals surface area contributed by atoms with E-state index >= 15 is 0 Å². The van der Waals surface area contributed by atoms with Crippen LogP contribution in [0.3, 0.4) is 0 Å². The van der Waals surface area contributed by atoms with Crippen molar-refractivity contribution >= 4 is 5.82 Å². The molecule has 1 saturated heterocycles. The molecule has 1 fully saturated rings. The summed E-state index contributed by atoms with van der Waals surface area (Å²) in [6, 6.07) is 6.95. The van der Waals surface area contributed by atoms with Crippen molar-refractivity contribution in [3.8, 4) is 5.88 Å². The van der Waals surface area contributed by atoms with Crippen molar-refractivity contribution < 1.29 is 4.74 Å². The van der Waals surface area contributed by atoms with E-state index in [-0.39, 0.29) is 0 Å². The zero-order valence-corrected chi connectivity index (χ0v) is 13.9. The molecule has 0 aromatic carbocycles. The van der Waals surface area contributed by atoms with E-state index in [9.17, 15) is 0 Å². The molecule has 6 heteroatoms. The molecule has 0 unspecified atom stereocenters. The maximum Gasteiger partial charge on any atom is 0.218 e. The Balaban J connectivity index is 1.88. The first-order chi connectivity index (χ1) is 11.2. The summed E-state index contributed by atoms with van der Waals surface area (Å²) in [7, 11) is 5.93. The van der Waals surface area contributed by atoms with Gasteiger partial charge in [-0.1, -0.05) is 0 Å². The Morgan fingerprint density at radius 2 is 2.04 bits per heavy atom. The summed E-state index contributed by atoms with van der Waals surface area (Å²) in [6.07, 6.45) is 7.37. The smallest absolute Gasteiger partial charge is 0.218 e. The Hall–Kier alpha value is -2.21. The van der Waals surface area contributed by atoms with E-state index in [0.29, 0.717) is 18.0 Å². The van der Waals surface area contributed by atoms with Crippen LogP contribution in [0, 0.1) is 0 Å². The molecule has 6 nitrogen and oxygen atoms in total. The van der Waals surface area contributed by atoms with Crippen LogP contribution in [-0.2, 0) is 6.42 Å². The number of hydrogen-bond acceptors (Lipinski definition) is 6. The number of likely N-dealkylation sites (N-methyl/N-ethyl adjacent to an activating group) is 1. The minimum absolute atomic E-state index is 0.368. The van der Waals surface area contributed by atoms with Crippen molar-refractivity contribution in [2.75, 3.05) is 32.6 Å². The lowest BCUT2D eigenvalue weighted by atomic mass is 10.00. The molecular formula is C17H23N5O. The summed E-state index contributed by atoms with van der Waals surface area (Å²) < 4.78 is 5.25. The van der Waals surface area contributed by atoms with Crippen molar-refractivity contribution in [3.05, 3.63) is 42.5 Å². The SMILES string of the molecule is COc1cc(N2CC[C@@H](N(C)C)[C@@H]2Cc2ccncc2)ncn1. The third-order valence-corrected chi connectivity index (χ3v) is 4.50. The second-order valence-corrected chi connectivity index (χ2v) is 6.06. The van der Waals surface area contributed by atoms with E-state index in [0.717, 1.165) is 25.2 Å². The molecule has 1 aliphatic rings. The van der Waals surface area contributed by atoms with E-state index in [1.807, 2.05) is 18.5 Å². The predicted molar refractivity (Wildman–Crippen MR) is 89.8 cm³/mol. The molecule has 3 heterocycles. The third-order valence-electron chi connectivity index (χ3n) is 4.50. The van der Waals surface area contributed by atoms with Crippen LogP contribution in [0.5, 0.6) is 5.88 Å². The summed E-state index contributed by atoms with van der Waals surface area (Å²) in [4.78, 5) is 17.4. The lowest BCUT2D eigenvalue weighted by Gasteiger charge is -2.32. The first-order valence-corrected chi connectivity index (χ1v) is 7.87. The number of aromatic nitrogens is 3. The van der Waals surface area contributed by atoms with Gasteiger partial charge in [0, 0.05) is 37.1 Å². The molecule has 0 bridgehead atoms. The van der Waals surface area contributed by atoms with E-state index in [2.05, 4.69) is 51.0 Å². The maximum atomic E-state index is 5.25. The molecule has 122 valence electrons. The van der Waals surface area contributed by atoms with Crippen molar-refractivity contribution in [3.63, 3.8) is 0 Å². The van der Waals surface area contributed by atoms with Crippen LogP contribution in [0.4, 0.5) is 5.82 Å². The standard InChI is InChI=1S/C17H23N5O/c1-21(2)14-6-9-22(16-11-17(23-3)20-12-19-16)15(14)10-13-4-7-18-8-5-13/h4-5,7-8,11-12,14-15H,6,9-10H2,1-3H3/t14-,15+/m1/s1. The van der Waals surface area contributed by atoms with Gasteiger partial charge in [0.2, 0.25) is 5.88 Å². The molecule has 0 amide bonds. The monoisotopic (exact) mass is 313 g/mol. The predicted octanol–water partition coefficient (Wildman–Crippen LogP) is 1.63. The van der Waals surface area contributed by atoms with Gasteiger partial charge in [-0.15, -0.1) is 0 Å². The summed E-state index contributed by atoms with van der Waals surface area (Å²) in [5.41, 5.74) is 1.30. The van der Waals surface area contributed by atoms with Gasteiger partial charge in [0.1, 0.15) is 12.1 Å². The van der Waals surface area contributed by atoms with Gasteiger partial charge in [-0.25, -0.2) is 9.97 Å². The lowest BCUT2D eigenvalue weighted by Crippen LogP contribution is -2.43. The Labute approximate surface area is 137 Å². The van der Waals surface area contributed by atoms with Crippen LogP contribution in [0.1, 0.15) is 12.0 Å². The first kappa shape index (κ1) is 15.7. The van der Waals surface area contributed by atoms with E-state index in [1.54, 1.807) is 13.4 Å². The van der Waals surface area contributed by atoms with Crippen LogP contribution < -0.4 is 9.64 Å². The summed E-state index contributed by atoms with van der Waals surface area (Å²) in [6.45, 7) is 0.985. The molecule has 0 N–H and O–H groups in total. The molecule has 0 aliphatic carbocycles.